The summed E-state index contributed by atoms with van der Waals surface area (Å²) in [6.45, 7) is 3.88. The summed E-state index contributed by atoms with van der Waals surface area (Å²) in [6, 6.07) is 0. The number of aromatic nitrogens is 2. The standard InChI is InChI=1S/C12H18N4O/c1-2-12(3-5-13-6-4-12)11(17)16-10-9-14-7-8-15-10/h7-9,13H,2-6H2,1H3,(H,15,16,17). The van der Waals surface area contributed by atoms with Gasteiger partial charge in [-0.25, -0.2) is 4.98 Å². The van der Waals surface area contributed by atoms with E-state index in [0.717, 1.165) is 32.4 Å². The summed E-state index contributed by atoms with van der Waals surface area (Å²) in [7, 11) is 0. The third kappa shape index (κ3) is 2.61. The van der Waals surface area contributed by atoms with Gasteiger partial charge in [0.15, 0.2) is 5.82 Å². The summed E-state index contributed by atoms with van der Waals surface area (Å²) in [5.41, 5.74) is -0.247. The first-order chi connectivity index (χ1) is 8.27. The predicted octanol–water partition coefficient (Wildman–Crippen LogP) is 1.19. The van der Waals surface area contributed by atoms with E-state index in [2.05, 4.69) is 27.5 Å². The smallest absolute Gasteiger partial charge is 0.231 e. The second kappa shape index (κ2) is 5.23. The monoisotopic (exact) mass is 234 g/mol. The normalized spacial score (nSPS) is 18.6. The molecule has 0 radical (unpaired) electrons. The molecule has 2 N–H and O–H groups in total. The average Bonchev–Trinajstić information content (AvgIpc) is 2.40. The predicted molar refractivity (Wildman–Crippen MR) is 65.5 cm³/mol. The lowest BCUT2D eigenvalue weighted by atomic mass is 9.76. The third-order valence-electron chi connectivity index (χ3n) is 3.52. The summed E-state index contributed by atoms with van der Waals surface area (Å²) in [4.78, 5) is 20.3. The van der Waals surface area contributed by atoms with E-state index in [1.165, 1.54) is 0 Å². The highest BCUT2D eigenvalue weighted by Gasteiger charge is 2.37. The molecular formula is C12H18N4O. The van der Waals surface area contributed by atoms with Gasteiger partial charge in [-0.2, -0.15) is 0 Å². The molecule has 0 bridgehead atoms. The van der Waals surface area contributed by atoms with Crippen LogP contribution >= 0.6 is 0 Å². The highest BCUT2D eigenvalue weighted by Crippen LogP contribution is 2.33. The summed E-state index contributed by atoms with van der Waals surface area (Å²) < 4.78 is 0. The second-order valence-electron chi connectivity index (χ2n) is 4.43. The van der Waals surface area contributed by atoms with Gasteiger partial charge in [-0.05, 0) is 32.4 Å². The minimum absolute atomic E-state index is 0.0713. The van der Waals surface area contributed by atoms with Crippen LogP contribution in [0.15, 0.2) is 18.6 Å². The number of piperidine rings is 1. The van der Waals surface area contributed by atoms with Gasteiger partial charge in [0.1, 0.15) is 0 Å². The third-order valence-corrected chi connectivity index (χ3v) is 3.52. The number of nitrogens with one attached hydrogen (secondary N) is 2. The van der Waals surface area contributed by atoms with E-state index in [1.807, 2.05) is 0 Å². The van der Waals surface area contributed by atoms with Crippen LogP contribution in [0.3, 0.4) is 0 Å². The van der Waals surface area contributed by atoms with Crippen LogP contribution in [0.25, 0.3) is 0 Å². The first-order valence-electron chi connectivity index (χ1n) is 6.05. The van der Waals surface area contributed by atoms with Gasteiger partial charge in [0.25, 0.3) is 0 Å². The van der Waals surface area contributed by atoms with Crippen LogP contribution in [-0.2, 0) is 4.79 Å². The van der Waals surface area contributed by atoms with Crippen molar-refractivity contribution in [1.29, 1.82) is 0 Å². The summed E-state index contributed by atoms with van der Waals surface area (Å²) in [5.74, 6) is 0.603. The summed E-state index contributed by atoms with van der Waals surface area (Å²) in [6.07, 6.45) is 7.38. The lowest BCUT2D eigenvalue weighted by Crippen LogP contribution is -2.44. The van der Waals surface area contributed by atoms with Crippen LogP contribution in [0, 0.1) is 5.41 Å². The maximum atomic E-state index is 12.3. The number of carbonyl (C=O) groups excluding carboxylic acids is 1. The molecule has 1 aliphatic rings. The fraction of sp³-hybridized carbons (Fsp3) is 0.583. The van der Waals surface area contributed by atoms with Crippen molar-refractivity contribution in [2.75, 3.05) is 18.4 Å². The topological polar surface area (TPSA) is 66.9 Å². The molecule has 1 aromatic heterocycles. The van der Waals surface area contributed by atoms with Gasteiger partial charge in [0.2, 0.25) is 5.91 Å². The molecule has 17 heavy (non-hydrogen) atoms. The van der Waals surface area contributed by atoms with Crippen LogP contribution in [0.1, 0.15) is 26.2 Å². The van der Waals surface area contributed by atoms with Crippen molar-refractivity contribution in [2.45, 2.75) is 26.2 Å². The Hall–Kier alpha value is -1.49. The minimum atomic E-state index is -0.247. The first-order valence-corrected chi connectivity index (χ1v) is 6.05. The molecule has 1 aromatic rings. The molecule has 5 nitrogen and oxygen atoms in total. The van der Waals surface area contributed by atoms with Gasteiger partial charge in [0, 0.05) is 12.4 Å². The van der Waals surface area contributed by atoms with Crippen LogP contribution in [0.4, 0.5) is 5.82 Å². The molecule has 0 aliphatic carbocycles. The van der Waals surface area contributed by atoms with Crippen molar-refractivity contribution in [3.05, 3.63) is 18.6 Å². The SMILES string of the molecule is CCC1(C(=O)Nc2cnccn2)CCNCC1. The molecule has 0 aromatic carbocycles. The van der Waals surface area contributed by atoms with Crippen LogP contribution < -0.4 is 10.6 Å². The van der Waals surface area contributed by atoms with E-state index < -0.39 is 0 Å². The molecule has 0 unspecified atom stereocenters. The van der Waals surface area contributed by atoms with Crippen molar-refractivity contribution < 1.29 is 4.79 Å². The van der Waals surface area contributed by atoms with Crippen LogP contribution in [0.2, 0.25) is 0 Å². The Kier molecular flexibility index (Phi) is 3.68. The maximum Gasteiger partial charge on any atom is 0.231 e. The van der Waals surface area contributed by atoms with Crippen LogP contribution in [0.5, 0.6) is 0 Å². The molecule has 1 aliphatic heterocycles. The molecule has 1 amide bonds. The van der Waals surface area contributed by atoms with Gasteiger partial charge in [-0.1, -0.05) is 6.92 Å². The molecule has 0 atom stereocenters. The maximum absolute atomic E-state index is 12.3. The number of rotatable bonds is 3. The van der Waals surface area contributed by atoms with Gasteiger partial charge in [-0.3, -0.25) is 9.78 Å². The van der Waals surface area contributed by atoms with Crippen molar-refractivity contribution in [2.24, 2.45) is 5.41 Å². The van der Waals surface area contributed by atoms with E-state index in [4.69, 9.17) is 0 Å². The first kappa shape index (κ1) is 12.0. The molecule has 92 valence electrons. The lowest BCUT2D eigenvalue weighted by molar-refractivity contribution is -0.127. The highest BCUT2D eigenvalue weighted by molar-refractivity contribution is 5.94. The fourth-order valence-corrected chi connectivity index (χ4v) is 2.26. The Labute approximate surface area is 101 Å². The Balaban J connectivity index is 2.07. The second-order valence-corrected chi connectivity index (χ2v) is 4.43. The number of hydrogen-bond donors (Lipinski definition) is 2. The zero-order chi connectivity index (χ0) is 12.1. The van der Waals surface area contributed by atoms with Crippen LogP contribution in [-0.4, -0.2) is 29.0 Å². The molecule has 0 spiro atoms. The van der Waals surface area contributed by atoms with Gasteiger partial charge >= 0.3 is 0 Å². The van der Waals surface area contributed by atoms with E-state index in [-0.39, 0.29) is 11.3 Å². The summed E-state index contributed by atoms with van der Waals surface area (Å²) in [5, 5.41) is 6.15. The Morgan fingerprint density at radius 2 is 2.24 bits per heavy atom. The average molecular weight is 234 g/mol. The number of carbonyl (C=O) groups is 1. The van der Waals surface area contributed by atoms with Crippen molar-refractivity contribution in [3.63, 3.8) is 0 Å². The minimum Gasteiger partial charge on any atom is -0.317 e. The van der Waals surface area contributed by atoms with E-state index in [0.29, 0.717) is 5.82 Å². The zero-order valence-corrected chi connectivity index (χ0v) is 10.1. The number of anilines is 1. The van der Waals surface area contributed by atoms with Gasteiger partial charge < -0.3 is 10.6 Å². The summed E-state index contributed by atoms with van der Waals surface area (Å²) >= 11 is 0. The fourth-order valence-electron chi connectivity index (χ4n) is 2.26. The van der Waals surface area contributed by atoms with Crippen molar-refractivity contribution in [3.8, 4) is 0 Å². The number of nitrogens with zero attached hydrogens (tertiary/aromatic N) is 2. The Morgan fingerprint density at radius 3 is 2.82 bits per heavy atom. The zero-order valence-electron chi connectivity index (χ0n) is 10.1. The largest absolute Gasteiger partial charge is 0.317 e. The molecule has 5 heteroatoms. The quantitative estimate of drug-likeness (QED) is 0.824. The lowest BCUT2D eigenvalue weighted by Gasteiger charge is -2.35. The molecule has 2 rings (SSSR count). The highest BCUT2D eigenvalue weighted by atomic mass is 16.2. The number of hydrogen-bond acceptors (Lipinski definition) is 4. The molecule has 2 heterocycles. The molecule has 0 saturated carbocycles. The van der Waals surface area contributed by atoms with Gasteiger partial charge in [-0.15, -0.1) is 0 Å². The molecular weight excluding hydrogens is 216 g/mol. The number of amides is 1. The molecule has 1 saturated heterocycles. The van der Waals surface area contributed by atoms with Crippen molar-refractivity contribution >= 4 is 11.7 Å². The Morgan fingerprint density at radius 1 is 1.47 bits per heavy atom. The Bertz CT molecular complexity index is 373. The van der Waals surface area contributed by atoms with E-state index in [9.17, 15) is 4.79 Å². The van der Waals surface area contributed by atoms with E-state index >= 15 is 0 Å². The van der Waals surface area contributed by atoms with Crippen molar-refractivity contribution in [1.82, 2.24) is 15.3 Å². The molecule has 1 fully saturated rings. The van der Waals surface area contributed by atoms with Gasteiger partial charge in [0.05, 0.1) is 11.6 Å². The van der Waals surface area contributed by atoms with E-state index in [1.54, 1.807) is 18.6 Å².